The molecule has 2 aromatic carbocycles. The Morgan fingerprint density at radius 3 is 1.64 bits per heavy atom. The van der Waals surface area contributed by atoms with Crippen LogP contribution in [0.1, 0.15) is 0 Å². The number of hydrogen-bond donors (Lipinski definition) is 0. The molecule has 0 radical (unpaired) electrons. The van der Waals surface area contributed by atoms with Crippen molar-refractivity contribution in [1.29, 1.82) is 0 Å². The van der Waals surface area contributed by atoms with Crippen molar-refractivity contribution in [3.63, 3.8) is 0 Å². The van der Waals surface area contributed by atoms with Crippen LogP contribution < -0.4 is 13.6 Å². The summed E-state index contributed by atoms with van der Waals surface area (Å²) in [5.74, 6) is 2.40. The van der Waals surface area contributed by atoms with Gasteiger partial charge in [0.15, 0.2) is 0 Å². The second-order valence-corrected chi connectivity index (χ2v) is 14.2. The van der Waals surface area contributed by atoms with E-state index in [2.05, 4.69) is 20.0 Å². The number of para-hydroxylation sites is 3. The predicted octanol–water partition coefficient (Wildman–Crippen LogP) is 4.92. The summed E-state index contributed by atoms with van der Waals surface area (Å²) in [5, 5.41) is 0. The van der Waals surface area contributed by atoms with E-state index < -0.39 is 15.2 Å². The Labute approximate surface area is 134 Å². The minimum atomic E-state index is -2.36. The van der Waals surface area contributed by atoms with Crippen molar-refractivity contribution in [2.45, 2.75) is 0 Å². The van der Waals surface area contributed by atoms with Gasteiger partial charge in [0.05, 0.1) is 0 Å². The van der Waals surface area contributed by atoms with Crippen LogP contribution in [0.15, 0.2) is 54.6 Å². The van der Waals surface area contributed by atoms with E-state index in [0.717, 1.165) is 17.2 Å². The third kappa shape index (κ3) is 5.48. The van der Waals surface area contributed by atoms with Crippen molar-refractivity contribution >= 4 is 15.2 Å². The summed E-state index contributed by atoms with van der Waals surface area (Å²) in [7, 11) is -4.04. The van der Waals surface area contributed by atoms with E-state index in [4.69, 9.17) is 13.6 Å². The van der Waals surface area contributed by atoms with E-state index in [-0.39, 0.29) is 0 Å². The van der Waals surface area contributed by atoms with Crippen molar-refractivity contribution in [1.82, 2.24) is 0 Å². The van der Waals surface area contributed by atoms with Gasteiger partial charge in [0.25, 0.3) is 0 Å². The molecular weight excluding hydrogens is 314 g/mol. The topological polar surface area (TPSA) is 27.7 Å². The SMILES string of the molecule is C[PH](C)(C)Oc1ccccc1O[PH](C)(C)Oc1ccccc1. The number of rotatable bonds is 6. The van der Waals surface area contributed by atoms with Gasteiger partial charge in [-0.05, 0) is 0 Å². The zero-order valence-corrected chi connectivity index (χ0v) is 15.9. The fourth-order valence-corrected chi connectivity index (χ4v) is 4.28. The van der Waals surface area contributed by atoms with Gasteiger partial charge in [-0.3, -0.25) is 0 Å². The van der Waals surface area contributed by atoms with Gasteiger partial charge in [0, 0.05) is 0 Å². The maximum absolute atomic E-state index is 6.20. The van der Waals surface area contributed by atoms with Gasteiger partial charge in [-0.25, -0.2) is 0 Å². The molecule has 0 aliphatic rings. The molecule has 0 spiro atoms. The minimum absolute atomic E-state index is 0.762. The third-order valence-corrected chi connectivity index (χ3v) is 5.00. The molecule has 22 heavy (non-hydrogen) atoms. The fraction of sp³-hybridized carbons (Fsp3) is 0.294. The first-order valence-electron chi connectivity index (χ1n) is 7.46. The molecule has 0 aromatic heterocycles. The molecule has 0 aliphatic heterocycles. The third-order valence-electron chi connectivity index (χ3n) is 2.73. The zero-order valence-electron chi connectivity index (χ0n) is 13.9. The van der Waals surface area contributed by atoms with Crippen LogP contribution in [-0.4, -0.2) is 33.3 Å². The Hall–Kier alpha value is -1.30. The summed E-state index contributed by atoms with van der Waals surface area (Å²) < 4.78 is 18.4. The van der Waals surface area contributed by atoms with E-state index in [1.54, 1.807) is 0 Å². The van der Waals surface area contributed by atoms with Gasteiger partial charge in [-0.15, -0.1) is 0 Å². The van der Waals surface area contributed by atoms with Crippen molar-refractivity contribution in [3.8, 4) is 17.2 Å². The van der Waals surface area contributed by atoms with Crippen LogP contribution in [0, 0.1) is 0 Å². The van der Waals surface area contributed by atoms with Crippen LogP contribution in [0.5, 0.6) is 17.2 Å². The summed E-state index contributed by atoms with van der Waals surface area (Å²) in [6.07, 6.45) is 0. The molecule has 0 unspecified atom stereocenters. The molecule has 2 aromatic rings. The molecule has 5 heteroatoms. The molecule has 3 nitrogen and oxygen atoms in total. The molecule has 2 rings (SSSR count). The van der Waals surface area contributed by atoms with E-state index in [1.165, 1.54) is 0 Å². The van der Waals surface area contributed by atoms with E-state index in [9.17, 15) is 0 Å². The van der Waals surface area contributed by atoms with Crippen LogP contribution in [0.2, 0.25) is 0 Å². The summed E-state index contributed by atoms with van der Waals surface area (Å²) >= 11 is 0. The molecule has 0 bridgehead atoms. The molecule has 0 aliphatic carbocycles. The molecular formula is C17H26O3P2. The number of benzene rings is 2. The van der Waals surface area contributed by atoms with Crippen LogP contribution in [0.3, 0.4) is 0 Å². The molecule has 0 fully saturated rings. The molecule has 0 heterocycles. The number of hydrogen-bond acceptors (Lipinski definition) is 3. The quantitative estimate of drug-likeness (QED) is 0.699. The molecule has 0 N–H and O–H groups in total. The first-order valence-corrected chi connectivity index (χ1v) is 13.7. The van der Waals surface area contributed by atoms with Crippen molar-refractivity contribution < 1.29 is 13.6 Å². The Bertz CT molecular complexity index is 607. The first kappa shape index (κ1) is 17.1. The molecule has 0 saturated carbocycles. The van der Waals surface area contributed by atoms with Crippen LogP contribution in [-0.2, 0) is 0 Å². The van der Waals surface area contributed by atoms with E-state index >= 15 is 0 Å². The second kappa shape index (κ2) is 6.86. The average Bonchev–Trinajstić information content (AvgIpc) is 2.40. The normalized spacial score (nSPS) is 13.3. The summed E-state index contributed by atoms with van der Waals surface area (Å²) in [4.78, 5) is 0. The van der Waals surface area contributed by atoms with Crippen LogP contribution >= 0.6 is 15.2 Å². The van der Waals surface area contributed by atoms with E-state index in [1.807, 2.05) is 67.9 Å². The van der Waals surface area contributed by atoms with Crippen molar-refractivity contribution in [2.24, 2.45) is 0 Å². The maximum atomic E-state index is 6.20. The van der Waals surface area contributed by atoms with Gasteiger partial charge in [-0.2, -0.15) is 0 Å². The van der Waals surface area contributed by atoms with Gasteiger partial charge >= 0.3 is 134 Å². The van der Waals surface area contributed by atoms with Crippen LogP contribution in [0.4, 0.5) is 0 Å². The van der Waals surface area contributed by atoms with Crippen molar-refractivity contribution in [2.75, 3.05) is 33.3 Å². The zero-order chi connectivity index (χ0) is 16.2. The van der Waals surface area contributed by atoms with Gasteiger partial charge < -0.3 is 0 Å². The summed E-state index contributed by atoms with van der Waals surface area (Å²) in [5.41, 5.74) is 0. The Morgan fingerprint density at radius 1 is 0.591 bits per heavy atom. The summed E-state index contributed by atoms with van der Waals surface area (Å²) in [6.45, 7) is 10.5. The van der Waals surface area contributed by atoms with Gasteiger partial charge in [0.2, 0.25) is 0 Å². The molecule has 0 saturated heterocycles. The predicted molar refractivity (Wildman–Crippen MR) is 101 cm³/mol. The monoisotopic (exact) mass is 340 g/mol. The summed E-state index contributed by atoms with van der Waals surface area (Å²) in [6, 6.07) is 17.6. The standard InChI is InChI=1S/C17H26O3P2/c1-21(2,3)19-16-13-9-10-14-17(16)20-22(4,5)18-15-11-7-6-8-12-15/h6-14,21-22H,1-5H3. The van der Waals surface area contributed by atoms with Crippen LogP contribution in [0.25, 0.3) is 0 Å². The molecule has 0 amide bonds. The first-order chi connectivity index (χ1) is 10.3. The van der Waals surface area contributed by atoms with E-state index in [0.29, 0.717) is 0 Å². The van der Waals surface area contributed by atoms with Gasteiger partial charge in [-0.1, -0.05) is 0 Å². The second-order valence-electron chi connectivity index (χ2n) is 6.58. The Kier molecular flexibility index (Phi) is 5.32. The fourth-order valence-electron chi connectivity index (χ4n) is 2.01. The molecule has 0 atom stereocenters. The van der Waals surface area contributed by atoms with Crippen molar-refractivity contribution in [3.05, 3.63) is 54.6 Å². The van der Waals surface area contributed by atoms with Gasteiger partial charge in [0.1, 0.15) is 0 Å². The average molecular weight is 340 g/mol. The Morgan fingerprint density at radius 2 is 1.09 bits per heavy atom. The molecule has 122 valence electrons. The Balaban J connectivity index is 2.15.